The lowest BCUT2D eigenvalue weighted by Gasteiger charge is -2.15. The number of amides is 1. The standard InChI is InChI=1S/C28H23ClN4O2/c29-22-14-12-21(13-15-22)26-24-18-23(16-11-19-7-3-1-4-8-19)33(28(35)27(24)31-30-26)32-25(34)17-20-9-5-2-6-10-20/h1-10,12-15,18H,11,16-17H2,(H,30,31)(H,32,34). The third-order valence-electron chi connectivity index (χ3n) is 5.89. The molecule has 2 N–H and O–H groups in total. The monoisotopic (exact) mass is 482 g/mol. The second-order valence-corrected chi connectivity index (χ2v) is 8.76. The molecule has 5 rings (SSSR count). The van der Waals surface area contributed by atoms with E-state index in [4.69, 9.17) is 11.6 Å². The molecule has 1 amide bonds. The summed E-state index contributed by atoms with van der Waals surface area (Å²) < 4.78 is 1.35. The molecular formula is C28H23ClN4O2. The number of aromatic nitrogens is 3. The molecule has 2 aromatic heterocycles. The van der Waals surface area contributed by atoms with Gasteiger partial charge in [0.2, 0.25) is 5.91 Å². The van der Waals surface area contributed by atoms with Crippen LogP contribution in [0.3, 0.4) is 0 Å². The average Bonchev–Trinajstić information content (AvgIpc) is 3.30. The Morgan fingerprint density at radius 3 is 2.23 bits per heavy atom. The number of pyridine rings is 1. The van der Waals surface area contributed by atoms with Crippen molar-refractivity contribution in [3.05, 3.63) is 123 Å². The fourth-order valence-electron chi connectivity index (χ4n) is 4.12. The molecule has 7 heteroatoms. The average molecular weight is 483 g/mol. The fraction of sp³-hybridized carbons (Fsp3) is 0.107. The maximum absolute atomic E-state index is 13.5. The molecule has 0 radical (unpaired) electrons. The third kappa shape index (κ3) is 5.03. The number of nitrogens with one attached hydrogen (secondary N) is 2. The van der Waals surface area contributed by atoms with Crippen molar-refractivity contribution in [2.45, 2.75) is 19.3 Å². The summed E-state index contributed by atoms with van der Waals surface area (Å²) in [7, 11) is 0. The number of nitrogens with zero attached hydrogens (tertiary/aromatic N) is 2. The second kappa shape index (κ2) is 9.99. The van der Waals surface area contributed by atoms with Crippen LogP contribution in [0.5, 0.6) is 0 Å². The number of halogens is 1. The van der Waals surface area contributed by atoms with E-state index in [0.717, 1.165) is 16.7 Å². The number of carbonyl (C=O) groups excluding carboxylic acids is 1. The molecule has 0 aliphatic heterocycles. The number of carbonyl (C=O) groups is 1. The Morgan fingerprint density at radius 2 is 1.54 bits per heavy atom. The Balaban J connectivity index is 1.54. The van der Waals surface area contributed by atoms with Gasteiger partial charge in [0, 0.05) is 21.7 Å². The van der Waals surface area contributed by atoms with Gasteiger partial charge in [-0.05, 0) is 42.2 Å². The molecule has 3 aromatic carbocycles. The maximum atomic E-state index is 13.5. The predicted octanol–water partition coefficient (Wildman–Crippen LogP) is 5.14. The van der Waals surface area contributed by atoms with Gasteiger partial charge in [-0.15, -0.1) is 0 Å². The highest BCUT2D eigenvalue weighted by Crippen LogP contribution is 2.27. The zero-order valence-electron chi connectivity index (χ0n) is 18.9. The molecule has 6 nitrogen and oxygen atoms in total. The highest BCUT2D eigenvalue weighted by molar-refractivity contribution is 6.30. The van der Waals surface area contributed by atoms with Gasteiger partial charge in [-0.2, -0.15) is 5.10 Å². The van der Waals surface area contributed by atoms with Crippen molar-refractivity contribution < 1.29 is 4.79 Å². The lowest BCUT2D eigenvalue weighted by molar-refractivity contribution is -0.116. The van der Waals surface area contributed by atoms with Gasteiger partial charge in [0.05, 0.1) is 6.42 Å². The first-order chi connectivity index (χ1) is 17.1. The Labute approximate surface area is 207 Å². The van der Waals surface area contributed by atoms with Crippen LogP contribution in [0.25, 0.3) is 22.2 Å². The van der Waals surface area contributed by atoms with Crippen molar-refractivity contribution in [3.8, 4) is 11.3 Å². The van der Waals surface area contributed by atoms with Crippen molar-refractivity contribution in [2.24, 2.45) is 0 Å². The van der Waals surface area contributed by atoms with E-state index in [1.54, 1.807) is 12.1 Å². The predicted molar refractivity (Wildman–Crippen MR) is 139 cm³/mol. The lowest BCUT2D eigenvalue weighted by atomic mass is 10.0. The molecule has 0 aliphatic carbocycles. The van der Waals surface area contributed by atoms with E-state index in [1.807, 2.05) is 78.9 Å². The summed E-state index contributed by atoms with van der Waals surface area (Å²) in [5, 5.41) is 8.60. The van der Waals surface area contributed by atoms with Gasteiger partial charge in [-0.25, -0.2) is 4.68 Å². The first kappa shape index (κ1) is 22.6. The summed E-state index contributed by atoms with van der Waals surface area (Å²) in [6.45, 7) is 0. The van der Waals surface area contributed by atoms with E-state index >= 15 is 0 Å². The molecule has 0 fully saturated rings. The molecule has 0 saturated carbocycles. The lowest BCUT2D eigenvalue weighted by Crippen LogP contribution is -2.36. The van der Waals surface area contributed by atoms with Crippen molar-refractivity contribution in [1.29, 1.82) is 0 Å². The van der Waals surface area contributed by atoms with E-state index in [-0.39, 0.29) is 17.9 Å². The van der Waals surface area contributed by atoms with Crippen LogP contribution in [0, 0.1) is 0 Å². The van der Waals surface area contributed by atoms with E-state index in [2.05, 4.69) is 15.6 Å². The van der Waals surface area contributed by atoms with Crippen LogP contribution < -0.4 is 11.0 Å². The van der Waals surface area contributed by atoms with Crippen LogP contribution in [0.15, 0.2) is 95.8 Å². The fourth-order valence-corrected chi connectivity index (χ4v) is 4.25. The van der Waals surface area contributed by atoms with E-state index < -0.39 is 0 Å². The van der Waals surface area contributed by atoms with Gasteiger partial charge >= 0.3 is 0 Å². The minimum Gasteiger partial charge on any atom is -0.273 e. The van der Waals surface area contributed by atoms with Crippen molar-refractivity contribution >= 4 is 28.4 Å². The molecule has 5 aromatic rings. The largest absolute Gasteiger partial charge is 0.295 e. The maximum Gasteiger partial charge on any atom is 0.295 e. The van der Waals surface area contributed by atoms with E-state index in [9.17, 15) is 9.59 Å². The highest BCUT2D eigenvalue weighted by Gasteiger charge is 2.18. The SMILES string of the molecule is O=C(Cc1ccccc1)Nn1c(CCc2ccccc2)cc2c(-c3ccc(Cl)cc3)n[nH]c2c1=O. The number of hydrogen-bond acceptors (Lipinski definition) is 3. The van der Waals surface area contributed by atoms with Crippen LogP contribution in [0.2, 0.25) is 5.02 Å². The zero-order chi connectivity index (χ0) is 24.2. The number of H-pyrrole nitrogens is 1. The van der Waals surface area contributed by atoms with Crippen molar-refractivity contribution in [2.75, 3.05) is 5.43 Å². The molecule has 0 unspecified atom stereocenters. The van der Waals surface area contributed by atoms with Gasteiger partial charge in [0.1, 0.15) is 11.2 Å². The molecule has 35 heavy (non-hydrogen) atoms. The highest BCUT2D eigenvalue weighted by atomic mass is 35.5. The number of fused-ring (bicyclic) bond motifs is 1. The molecule has 0 bridgehead atoms. The topological polar surface area (TPSA) is 79.8 Å². The van der Waals surface area contributed by atoms with Crippen LogP contribution >= 0.6 is 11.6 Å². The quantitative estimate of drug-likeness (QED) is 0.337. The first-order valence-corrected chi connectivity index (χ1v) is 11.7. The Hall–Kier alpha value is -4.16. The molecule has 0 spiro atoms. The van der Waals surface area contributed by atoms with Crippen molar-refractivity contribution in [1.82, 2.24) is 14.9 Å². The molecule has 0 saturated heterocycles. The smallest absolute Gasteiger partial charge is 0.273 e. The van der Waals surface area contributed by atoms with Crippen LogP contribution in [0.1, 0.15) is 16.8 Å². The van der Waals surface area contributed by atoms with Crippen LogP contribution in [0.4, 0.5) is 0 Å². The first-order valence-electron chi connectivity index (χ1n) is 11.3. The number of aryl methyl sites for hydroxylation is 2. The minimum absolute atomic E-state index is 0.169. The van der Waals surface area contributed by atoms with Gasteiger partial charge < -0.3 is 0 Å². The molecule has 174 valence electrons. The molecule has 0 atom stereocenters. The number of benzene rings is 3. The van der Waals surface area contributed by atoms with E-state index in [0.29, 0.717) is 40.2 Å². The van der Waals surface area contributed by atoms with Gasteiger partial charge in [-0.3, -0.25) is 20.1 Å². The number of rotatable bonds is 7. The Bertz CT molecular complexity index is 1530. The van der Waals surface area contributed by atoms with Crippen LogP contribution in [-0.2, 0) is 24.1 Å². The summed E-state index contributed by atoms with van der Waals surface area (Å²) in [4.78, 5) is 26.3. The Morgan fingerprint density at radius 1 is 0.886 bits per heavy atom. The number of hydrogen-bond donors (Lipinski definition) is 2. The zero-order valence-corrected chi connectivity index (χ0v) is 19.6. The van der Waals surface area contributed by atoms with Crippen LogP contribution in [-0.4, -0.2) is 20.8 Å². The normalized spacial score (nSPS) is 11.0. The Kier molecular flexibility index (Phi) is 6.46. The minimum atomic E-state index is -0.348. The van der Waals surface area contributed by atoms with E-state index in [1.165, 1.54) is 4.68 Å². The molecule has 0 aliphatic rings. The third-order valence-corrected chi connectivity index (χ3v) is 6.15. The summed E-state index contributed by atoms with van der Waals surface area (Å²) in [6, 6.07) is 28.7. The molecule has 2 heterocycles. The van der Waals surface area contributed by atoms with Gasteiger partial charge in [0.15, 0.2) is 0 Å². The second-order valence-electron chi connectivity index (χ2n) is 8.33. The molecular weight excluding hydrogens is 460 g/mol. The summed E-state index contributed by atoms with van der Waals surface area (Å²) in [5.74, 6) is -0.268. The van der Waals surface area contributed by atoms with Gasteiger partial charge in [-0.1, -0.05) is 84.4 Å². The summed E-state index contributed by atoms with van der Waals surface area (Å²) >= 11 is 6.05. The van der Waals surface area contributed by atoms with Gasteiger partial charge in [0.25, 0.3) is 5.56 Å². The van der Waals surface area contributed by atoms with Crippen molar-refractivity contribution in [3.63, 3.8) is 0 Å². The number of aromatic amines is 1. The summed E-state index contributed by atoms with van der Waals surface area (Å²) in [6.07, 6.45) is 1.45. The summed E-state index contributed by atoms with van der Waals surface area (Å²) in [5.41, 5.74) is 7.02.